The van der Waals surface area contributed by atoms with Crippen LogP contribution in [0.5, 0.6) is 5.75 Å². The first-order valence-corrected chi connectivity index (χ1v) is 9.05. The van der Waals surface area contributed by atoms with Crippen molar-refractivity contribution in [1.29, 1.82) is 0 Å². The van der Waals surface area contributed by atoms with Crippen LogP contribution in [0.4, 0.5) is 4.39 Å². The average Bonchev–Trinajstić information content (AvgIpc) is 2.73. The van der Waals surface area contributed by atoms with Gasteiger partial charge in [-0.15, -0.1) is 0 Å². The summed E-state index contributed by atoms with van der Waals surface area (Å²) in [5, 5.41) is 0.968. The van der Waals surface area contributed by atoms with Crippen LogP contribution >= 0.6 is 11.6 Å². The van der Waals surface area contributed by atoms with Crippen LogP contribution in [0, 0.1) is 5.82 Å². The molecule has 4 aromatic rings. The number of hydrogen-bond acceptors (Lipinski definition) is 3. The number of fused-ring (bicyclic) bond motifs is 1. The fraction of sp³-hybridized carbons (Fsp3) is 0.0435. The van der Waals surface area contributed by atoms with E-state index in [4.69, 9.17) is 16.3 Å². The zero-order chi connectivity index (χ0) is 19.5. The van der Waals surface area contributed by atoms with E-state index in [2.05, 4.69) is 4.98 Å². The maximum Gasteiger partial charge on any atom is 0.196 e. The summed E-state index contributed by atoms with van der Waals surface area (Å²) in [5.41, 5.74) is 2.33. The molecule has 0 atom stereocenters. The van der Waals surface area contributed by atoms with Crippen molar-refractivity contribution in [2.24, 2.45) is 0 Å². The van der Waals surface area contributed by atoms with E-state index in [9.17, 15) is 9.18 Å². The summed E-state index contributed by atoms with van der Waals surface area (Å²) in [5.74, 6) is -0.0383. The summed E-state index contributed by atoms with van der Waals surface area (Å²) in [6.07, 6.45) is 1.44. The second-order valence-electron chi connectivity index (χ2n) is 6.28. The highest BCUT2D eigenvalue weighted by molar-refractivity contribution is 6.39. The average molecular weight is 392 g/mol. The zero-order valence-electron chi connectivity index (χ0n) is 14.7. The van der Waals surface area contributed by atoms with E-state index in [1.165, 1.54) is 30.5 Å². The van der Waals surface area contributed by atoms with Gasteiger partial charge in [-0.25, -0.2) is 4.39 Å². The lowest BCUT2D eigenvalue weighted by Crippen LogP contribution is -2.03. The zero-order valence-corrected chi connectivity index (χ0v) is 15.5. The Bertz CT molecular complexity index is 1140. The highest BCUT2D eigenvalue weighted by Crippen LogP contribution is 2.30. The number of carbonyl (C=O) groups excluding carboxylic acids is 1. The van der Waals surface area contributed by atoms with E-state index in [1.54, 1.807) is 18.2 Å². The van der Waals surface area contributed by atoms with Crippen molar-refractivity contribution in [3.63, 3.8) is 0 Å². The number of ketones is 1. The molecule has 1 aromatic heterocycles. The van der Waals surface area contributed by atoms with Crippen LogP contribution in [-0.4, -0.2) is 10.8 Å². The van der Waals surface area contributed by atoms with Gasteiger partial charge in [0.1, 0.15) is 18.2 Å². The Morgan fingerprint density at radius 1 is 1.00 bits per heavy atom. The van der Waals surface area contributed by atoms with Crippen LogP contribution in [0.2, 0.25) is 5.02 Å². The fourth-order valence-corrected chi connectivity index (χ4v) is 3.18. The van der Waals surface area contributed by atoms with Gasteiger partial charge in [0.15, 0.2) is 5.78 Å². The molecular weight excluding hydrogens is 377 g/mol. The Labute approximate surface area is 166 Å². The third-order valence-electron chi connectivity index (χ3n) is 4.37. The molecule has 0 radical (unpaired) electrons. The highest BCUT2D eigenvalue weighted by atomic mass is 35.5. The number of aromatic nitrogens is 1. The van der Waals surface area contributed by atoms with Gasteiger partial charge in [0, 0.05) is 23.2 Å². The minimum atomic E-state index is -0.401. The number of halogens is 2. The minimum Gasteiger partial charge on any atom is -0.489 e. The van der Waals surface area contributed by atoms with Gasteiger partial charge < -0.3 is 4.74 Å². The third-order valence-corrected chi connectivity index (χ3v) is 4.78. The monoisotopic (exact) mass is 391 g/mol. The van der Waals surface area contributed by atoms with Crippen molar-refractivity contribution in [3.05, 3.63) is 107 Å². The molecule has 3 aromatic carbocycles. The lowest BCUT2D eigenvalue weighted by Gasteiger charge is -2.10. The molecule has 0 aliphatic heterocycles. The largest absolute Gasteiger partial charge is 0.489 e. The first-order chi connectivity index (χ1) is 13.6. The third kappa shape index (κ3) is 3.73. The second-order valence-corrected chi connectivity index (χ2v) is 6.65. The molecule has 0 saturated carbocycles. The van der Waals surface area contributed by atoms with Crippen LogP contribution in [0.25, 0.3) is 10.9 Å². The topological polar surface area (TPSA) is 39.2 Å². The van der Waals surface area contributed by atoms with Gasteiger partial charge in [-0.1, -0.05) is 41.9 Å². The number of ether oxygens (including phenoxy) is 1. The molecule has 3 nitrogen and oxygen atoms in total. The molecule has 0 N–H and O–H groups in total. The van der Waals surface area contributed by atoms with Crippen molar-refractivity contribution in [3.8, 4) is 5.75 Å². The van der Waals surface area contributed by atoms with Gasteiger partial charge in [-0.05, 0) is 42.0 Å². The molecule has 4 rings (SSSR count). The Morgan fingerprint density at radius 3 is 2.50 bits per heavy atom. The summed E-state index contributed by atoms with van der Waals surface area (Å²) >= 11 is 6.47. The number of rotatable bonds is 5. The van der Waals surface area contributed by atoms with Crippen molar-refractivity contribution < 1.29 is 13.9 Å². The molecule has 0 saturated heterocycles. The smallest absolute Gasteiger partial charge is 0.196 e. The van der Waals surface area contributed by atoms with Gasteiger partial charge >= 0.3 is 0 Å². The lowest BCUT2D eigenvalue weighted by molar-refractivity contribution is 0.103. The molecule has 0 bridgehead atoms. The minimum absolute atomic E-state index is 0.277. The van der Waals surface area contributed by atoms with Crippen LogP contribution in [-0.2, 0) is 6.61 Å². The van der Waals surface area contributed by atoms with Gasteiger partial charge in [-0.3, -0.25) is 9.78 Å². The summed E-state index contributed by atoms with van der Waals surface area (Å²) in [6, 6.07) is 20.6. The molecule has 0 fully saturated rings. The number of benzene rings is 3. The van der Waals surface area contributed by atoms with Gasteiger partial charge in [-0.2, -0.15) is 0 Å². The number of nitrogens with zero attached hydrogens (tertiary/aromatic N) is 1. The molecule has 5 heteroatoms. The van der Waals surface area contributed by atoms with E-state index < -0.39 is 5.82 Å². The molecule has 0 amide bonds. The second kappa shape index (κ2) is 7.79. The number of hydrogen-bond donors (Lipinski definition) is 0. The normalized spacial score (nSPS) is 10.8. The summed E-state index contributed by atoms with van der Waals surface area (Å²) in [6.45, 7) is 0.446. The molecule has 28 heavy (non-hydrogen) atoms. The lowest BCUT2D eigenvalue weighted by atomic mass is 10.0. The highest BCUT2D eigenvalue weighted by Gasteiger charge is 2.16. The molecule has 138 valence electrons. The van der Waals surface area contributed by atoms with Crippen molar-refractivity contribution in [1.82, 2.24) is 4.98 Å². The van der Waals surface area contributed by atoms with Crippen molar-refractivity contribution in [2.45, 2.75) is 6.61 Å². The van der Waals surface area contributed by atoms with Gasteiger partial charge in [0.05, 0.1) is 16.1 Å². The molecule has 1 heterocycles. The van der Waals surface area contributed by atoms with E-state index >= 15 is 0 Å². The fourth-order valence-electron chi connectivity index (χ4n) is 2.89. The quantitative estimate of drug-likeness (QED) is 0.401. The van der Waals surface area contributed by atoms with Crippen LogP contribution in [0.15, 0.2) is 79.0 Å². The predicted molar refractivity (Wildman–Crippen MR) is 107 cm³/mol. The standard InChI is InChI=1S/C23H15ClFNO2/c24-22-19-11-10-18(28-14-15-4-2-1-3-5-15)12-21(19)26-13-20(22)23(27)16-6-8-17(25)9-7-16/h1-13H,14H2. The summed E-state index contributed by atoms with van der Waals surface area (Å²) in [4.78, 5) is 17.0. The van der Waals surface area contributed by atoms with Crippen LogP contribution < -0.4 is 4.74 Å². The number of carbonyl (C=O) groups is 1. The van der Waals surface area contributed by atoms with E-state index in [-0.39, 0.29) is 11.3 Å². The first-order valence-electron chi connectivity index (χ1n) is 8.67. The van der Waals surface area contributed by atoms with Gasteiger partial charge in [0.2, 0.25) is 0 Å². The molecular formula is C23H15ClFNO2. The Morgan fingerprint density at radius 2 is 1.75 bits per heavy atom. The molecule has 0 aliphatic rings. The molecule has 0 spiro atoms. The van der Waals surface area contributed by atoms with E-state index in [1.807, 2.05) is 30.3 Å². The molecule has 0 aliphatic carbocycles. The van der Waals surface area contributed by atoms with E-state index in [0.717, 1.165) is 5.56 Å². The summed E-state index contributed by atoms with van der Waals surface area (Å²) in [7, 11) is 0. The Hall–Kier alpha value is -3.24. The molecule has 0 unspecified atom stereocenters. The van der Waals surface area contributed by atoms with Crippen molar-refractivity contribution >= 4 is 28.3 Å². The van der Waals surface area contributed by atoms with Crippen LogP contribution in [0.1, 0.15) is 21.5 Å². The maximum absolute atomic E-state index is 13.1. The SMILES string of the molecule is O=C(c1ccc(F)cc1)c1cnc2cc(OCc3ccccc3)ccc2c1Cl. The van der Waals surface area contributed by atoms with Crippen LogP contribution in [0.3, 0.4) is 0 Å². The number of pyridine rings is 1. The Balaban J connectivity index is 1.61. The Kier molecular flexibility index (Phi) is 5.04. The van der Waals surface area contributed by atoms with E-state index in [0.29, 0.717) is 33.8 Å². The summed E-state index contributed by atoms with van der Waals surface area (Å²) < 4.78 is 18.9. The van der Waals surface area contributed by atoms with Crippen molar-refractivity contribution in [2.75, 3.05) is 0 Å². The predicted octanol–water partition coefficient (Wildman–Crippen LogP) is 5.84. The first kappa shape index (κ1) is 18.1. The maximum atomic E-state index is 13.1. The van der Waals surface area contributed by atoms with Gasteiger partial charge in [0.25, 0.3) is 0 Å².